The molecule has 92 valence electrons. The van der Waals surface area contributed by atoms with E-state index in [9.17, 15) is 4.79 Å². The zero-order valence-electron chi connectivity index (χ0n) is 9.77. The third-order valence-electron chi connectivity index (χ3n) is 2.50. The molecular weight excluding hydrogens is 222 g/mol. The van der Waals surface area contributed by atoms with Crippen molar-refractivity contribution in [3.63, 3.8) is 0 Å². The van der Waals surface area contributed by atoms with Crippen molar-refractivity contribution < 1.29 is 19.4 Å². The molecule has 0 aromatic heterocycles. The van der Waals surface area contributed by atoms with Gasteiger partial charge in [-0.15, -0.1) is 0 Å². The largest absolute Gasteiger partial charge is 0.481 e. The van der Waals surface area contributed by atoms with Crippen LogP contribution in [0.4, 0.5) is 0 Å². The second-order valence-electron chi connectivity index (χ2n) is 4.51. The Morgan fingerprint density at radius 3 is 2.71 bits per heavy atom. The third kappa shape index (κ3) is 2.50. The van der Waals surface area contributed by atoms with Crippen LogP contribution in [-0.4, -0.2) is 16.9 Å². The van der Waals surface area contributed by atoms with Crippen molar-refractivity contribution in [3.8, 4) is 11.5 Å². The molecule has 1 atom stereocenters. The Balaban J connectivity index is 2.21. The molecule has 0 aliphatic carbocycles. The summed E-state index contributed by atoms with van der Waals surface area (Å²) >= 11 is 0. The first-order chi connectivity index (χ1) is 7.87. The molecule has 0 spiro atoms. The van der Waals surface area contributed by atoms with E-state index in [1.165, 1.54) is 0 Å². The Kier molecular flexibility index (Phi) is 2.71. The number of benzene rings is 1. The summed E-state index contributed by atoms with van der Waals surface area (Å²) in [5, 5.41) is 8.69. The second kappa shape index (κ2) is 3.92. The SMILES string of the molecule is CC1(C)Oc2ccc(C(N)CC(=O)O)cc2O1. The van der Waals surface area contributed by atoms with Gasteiger partial charge >= 0.3 is 5.97 Å². The smallest absolute Gasteiger partial charge is 0.305 e. The van der Waals surface area contributed by atoms with Crippen LogP contribution in [0.3, 0.4) is 0 Å². The van der Waals surface area contributed by atoms with Crippen molar-refractivity contribution in [1.82, 2.24) is 0 Å². The molecule has 0 bridgehead atoms. The minimum atomic E-state index is -0.921. The van der Waals surface area contributed by atoms with Gasteiger partial charge in [-0.05, 0) is 17.7 Å². The van der Waals surface area contributed by atoms with Crippen LogP contribution >= 0.6 is 0 Å². The van der Waals surface area contributed by atoms with Crippen LogP contribution in [0.1, 0.15) is 31.9 Å². The zero-order chi connectivity index (χ0) is 12.6. The summed E-state index contributed by atoms with van der Waals surface area (Å²) in [7, 11) is 0. The molecule has 5 heteroatoms. The lowest BCUT2D eigenvalue weighted by molar-refractivity contribution is -0.137. The van der Waals surface area contributed by atoms with E-state index >= 15 is 0 Å². The van der Waals surface area contributed by atoms with E-state index in [0.29, 0.717) is 11.5 Å². The van der Waals surface area contributed by atoms with Crippen LogP contribution in [0.15, 0.2) is 18.2 Å². The molecular formula is C12H15NO4. The summed E-state index contributed by atoms with van der Waals surface area (Å²) in [6.45, 7) is 3.62. The Bertz CT molecular complexity index is 456. The molecule has 2 rings (SSSR count). The number of hydrogen-bond acceptors (Lipinski definition) is 4. The van der Waals surface area contributed by atoms with Crippen LogP contribution in [0.2, 0.25) is 0 Å². The monoisotopic (exact) mass is 237 g/mol. The minimum absolute atomic E-state index is 0.108. The van der Waals surface area contributed by atoms with Crippen molar-refractivity contribution >= 4 is 5.97 Å². The molecule has 0 saturated carbocycles. The van der Waals surface area contributed by atoms with E-state index < -0.39 is 17.8 Å². The Labute approximate surface area is 99.1 Å². The quantitative estimate of drug-likeness (QED) is 0.835. The highest BCUT2D eigenvalue weighted by atomic mass is 16.7. The van der Waals surface area contributed by atoms with Crippen LogP contribution in [0.25, 0.3) is 0 Å². The maximum Gasteiger partial charge on any atom is 0.305 e. The molecule has 17 heavy (non-hydrogen) atoms. The van der Waals surface area contributed by atoms with E-state index in [1.807, 2.05) is 13.8 Å². The number of aliphatic carboxylic acids is 1. The summed E-state index contributed by atoms with van der Waals surface area (Å²) in [6, 6.07) is 4.71. The number of carboxylic acid groups (broad SMARTS) is 1. The number of nitrogens with two attached hydrogens (primary N) is 1. The second-order valence-corrected chi connectivity index (χ2v) is 4.51. The van der Waals surface area contributed by atoms with Crippen LogP contribution < -0.4 is 15.2 Å². The Morgan fingerprint density at radius 2 is 2.06 bits per heavy atom. The van der Waals surface area contributed by atoms with E-state index in [1.54, 1.807) is 18.2 Å². The fourth-order valence-electron chi connectivity index (χ4n) is 1.78. The van der Waals surface area contributed by atoms with Gasteiger partial charge in [0.1, 0.15) is 0 Å². The van der Waals surface area contributed by atoms with E-state index in [4.69, 9.17) is 20.3 Å². The average molecular weight is 237 g/mol. The number of carbonyl (C=O) groups is 1. The van der Waals surface area contributed by atoms with Gasteiger partial charge in [-0.1, -0.05) is 6.07 Å². The molecule has 0 radical (unpaired) electrons. The number of carboxylic acids is 1. The molecule has 1 unspecified atom stereocenters. The average Bonchev–Trinajstić information content (AvgIpc) is 2.48. The fourth-order valence-corrected chi connectivity index (χ4v) is 1.78. The molecule has 3 N–H and O–H groups in total. The molecule has 1 aliphatic heterocycles. The lowest BCUT2D eigenvalue weighted by Crippen LogP contribution is -2.29. The molecule has 1 heterocycles. The topological polar surface area (TPSA) is 81.8 Å². The van der Waals surface area contributed by atoms with Gasteiger partial charge in [0, 0.05) is 19.9 Å². The summed E-state index contributed by atoms with van der Waals surface area (Å²) in [4.78, 5) is 10.6. The number of fused-ring (bicyclic) bond motifs is 1. The van der Waals surface area contributed by atoms with Crippen LogP contribution in [0, 0.1) is 0 Å². The highest BCUT2D eigenvalue weighted by Crippen LogP contribution is 2.40. The van der Waals surface area contributed by atoms with Crippen LogP contribution in [0.5, 0.6) is 11.5 Å². The number of ether oxygens (including phenoxy) is 2. The molecule has 1 aromatic carbocycles. The minimum Gasteiger partial charge on any atom is -0.481 e. The fraction of sp³-hybridized carbons (Fsp3) is 0.417. The predicted octanol–water partition coefficient (Wildman–Crippen LogP) is 1.67. The van der Waals surface area contributed by atoms with Crippen molar-refractivity contribution in [3.05, 3.63) is 23.8 Å². The first-order valence-corrected chi connectivity index (χ1v) is 5.37. The summed E-state index contributed by atoms with van der Waals surface area (Å²) in [5.74, 6) is -0.345. The van der Waals surface area contributed by atoms with Gasteiger partial charge in [-0.3, -0.25) is 4.79 Å². The van der Waals surface area contributed by atoms with E-state index in [-0.39, 0.29) is 6.42 Å². The number of rotatable bonds is 3. The maximum atomic E-state index is 10.6. The van der Waals surface area contributed by atoms with Crippen molar-refractivity contribution in [2.24, 2.45) is 5.73 Å². The van der Waals surface area contributed by atoms with Gasteiger partial charge in [0.2, 0.25) is 5.79 Å². The summed E-state index contributed by atoms with van der Waals surface area (Å²) in [5.41, 5.74) is 6.51. The zero-order valence-corrected chi connectivity index (χ0v) is 9.77. The van der Waals surface area contributed by atoms with Gasteiger partial charge in [0.05, 0.1) is 6.42 Å². The lowest BCUT2D eigenvalue weighted by atomic mass is 10.0. The first-order valence-electron chi connectivity index (χ1n) is 5.37. The van der Waals surface area contributed by atoms with Crippen molar-refractivity contribution in [2.75, 3.05) is 0 Å². The van der Waals surface area contributed by atoms with Crippen LogP contribution in [-0.2, 0) is 4.79 Å². The highest BCUT2D eigenvalue weighted by molar-refractivity contribution is 5.68. The highest BCUT2D eigenvalue weighted by Gasteiger charge is 2.32. The van der Waals surface area contributed by atoms with Gasteiger partial charge < -0.3 is 20.3 Å². The molecule has 0 amide bonds. The van der Waals surface area contributed by atoms with E-state index in [2.05, 4.69) is 0 Å². The standard InChI is InChI=1S/C12H15NO4/c1-12(2)16-9-4-3-7(5-10(9)17-12)8(13)6-11(14)15/h3-5,8H,6,13H2,1-2H3,(H,14,15). The van der Waals surface area contributed by atoms with Crippen molar-refractivity contribution in [2.45, 2.75) is 32.1 Å². The van der Waals surface area contributed by atoms with Gasteiger partial charge in [0.15, 0.2) is 11.5 Å². The lowest BCUT2D eigenvalue weighted by Gasteiger charge is -2.16. The van der Waals surface area contributed by atoms with Gasteiger partial charge in [0.25, 0.3) is 0 Å². The molecule has 1 aromatic rings. The molecule has 0 fully saturated rings. The Morgan fingerprint density at radius 1 is 1.41 bits per heavy atom. The number of hydrogen-bond donors (Lipinski definition) is 2. The first kappa shape index (κ1) is 11.7. The molecule has 1 aliphatic rings. The van der Waals surface area contributed by atoms with E-state index in [0.717, 1.165) is 5.56 Å². The maximum absolute atomic E-state index is 10.6. The van der Waals surface area contributed by atoms with Gasteiger partial charge in [-0.2, -0.15) is 0 Å². The summed E-state index contributed by atoms with van der Waals surface area (Å²) in [6.07, 6.45) is -0.108. The predicted molar refractivity (Wildman–Crippen MR) is 61.0 cm³/mol. The molecule has 5 nitrogen and oxygen atoms in total. The molecule has 0 saturated heterocycles. The Hall–Kier alpha value is -1.75. The van der Waals surface area contributed by atoms with Gasteiger partial charge in [-0.25, -0.2) is 0 Å². The third-order valence-corrected chi connectivity index (χ3v) is 2.50. The van der Waals surface area contributed by atoms with Crippen molar-refractivity contribution in [1.29, 1.82) is 0 Å². The normalized spacial score (nSPS) is 17.8. The summed E-state index contributed by atoms with van der Waals surface area (Å²) < 4.78 is 11.1.